The fourth-order valence-electron chi connectivity index (χ4n) is 6.68. The van der Waals surface area contributed by atoms with Crippen LogP contribution in [0.5, 0.6) is 0 Å². The van der Waals surface area contributed by atoms with Crippen LogP contribution in [0, 0.1) is 17.8 Å². The molecule has 3 aromatic rings. The first-order valence-corrected chi connectivity index (χ1v) is 16.1. The van der Waals surface area contributed by atoms with Gasteiger partial charge in [0.1, 0.15) is 18.0 Å². The first-order valence-electron chi connectivity index (χ1n) is 16.1. The van der Waals surface area contributed by atoms with Gasteiger partial charge in [0, 0.05) is 44.4 Å². The number of amides is 2. The highest BCUT2D eigenvalue weighted by Crippen LogP contribution is 2.38. The first kappa shape index (κ1) is 32.0. The van der Waals surface area contributed by atoms with Crippen LogP contribution in [0.15, 0.2) is 30.3 Å². The molecule has 3 aliphatic rings. The lowest BCUT2D eigenvalue weighted by Crippen LogP contribution is -2.47. The Hall–Kier alpha value is -3.94. The number of ether oxygens (including phenoxy) is 2. The zero-order valence-corrected chi connectivity index (χ0v) is 25.9. The number of anilines is 1. The van der Waals surface area contributed by atoms with Crippen molar-refractivity contribution in [2.24, 2.45) is 17.8 Å². The quantitative estimate of drug-likeness (QED) is 0.367. The van der Waals surface area contributed by atoms with E-state index in [1.54, 1.807) is 4.52 Å². The van der Waals surface area contributed by atoms with Crippen LogP contribution in [0.1, 0.15) is 67.6 Å². The van der Waals surface area contributed by atoms with Crippen LogP contribution in [-0.4, -0.2) is 70.6 Å². The van der Waals surface area contributed by atoms with Crippen LogP contribution >= 0.6 is 0 Å². The lowest BCUT2D eigenvalue weighted by Gasteiger charge is -2.32. The van der Waals surface area contributed by atoms with Crippen LogP contribution in [0.2, 0.25) is 0 Å². The van der Waals surface area contributed by atoms with E-state index in [2.05, 4.69) is 17.6 Å². The number of carbonyl (C=O) groups excluding carboxylic acids is 2. The molecule has 0 radical (unpaired) electrons. The summed E-state index contributed by atoms with van der Waals surface area (Å²) >= 11 is 0. The molecule has 0 unspecified atom stereocenters. The van der Waals surface area contributed by atoms with Crippen molar-refractivity contribution in [1.29, 1.82) is 0 Å². The number of carbonyl (C=O) groups is 2. The number of imidazole rings is 1. The number of nitrogens with one attached hydrogen (secondary N) is 2. The Morgan fingerprint density at radius 2 is 1.83 bits per heavy atom. The molecular formula is C32H40F3N7O4. The summed E-state index contributed by atoms with van der Waals surface area (Å²) in [7, 11) is 0. The van der Waals surface area contributed by atoms with E-state index in [0.29, 0.717) is 61.7 Å². The van der Waals surface area contributed by atoms with Crippen LogP contribution in [0.25, 0.3) is 5.78 Å². The van der Waals surface area contributed by atoms with Crippen LogP contribution in [0.3, 0.4) is 0 Å². The third-order valence-corrected chi connectivity index (χ3v) is 9.33. The fourth-order valence-corrected chi connectivity index (χ4v) is 6.68. The van der Waals surface area contributed by atoms with E-state index in [-0.39, 0.29) is 25.4 Å². The number of halogens is 3. The van der Waals surface area contributed by atoms with E-state index >= 15 is 0 Å². The molecule has 6 rings (SSSR count). The topological polar surface area (TPSA) is 123 Å². The summed E-state index contributed by atoms with van der Waals surface area (Å²) in [5.41, 5.74) is 2.72. The van der Waals surface area contributed by atoms with E-state index in [1.807, 2.05) is 35.2 Å². The van der Waals surface area contributed by atoms with E-state index < -0.39 is 36.6 Å². The third kappa shape index (κ3) is 7.37. The lowest BCUT2D eigenvalue weighted by molar-refractivity contribution is -0.183. The third-order valence-electron chi connectivity index (χ3n) is 9.33. The molecule has 14 heteroatoms. The predicted octanol–water partition coefficient (Wildman–Crippen LogP) is 4.54. The molecule has 3 fully saturated rings. The monoisotopic (exact) mass is 643 g/mol. The fraction of sp³-hybridized carbons (Fsp3) is 0.594. The van der Waals surface area contributed by atoms with Gasteiger partial charge in [0.15, 0.2) is 5.82 Å². The van der Waals surface area contributed by atoms with Crippen molar-refractivity contribution in [3.05, 3.63) is 53.0 Å². The van der Waals surface area contributed by atoms with Crippen molar-refractivity contribution in [2.45, 2.75) is 70.7 Å². The maximum absolute atomic E-state index is 13.7. The molecule has 46 heavy (non-hydrogen) atoms. The Labute approximate surface area is 265 Å². The summed E-state index contributed by atoms with van der Waals surface area (Å²) in [5.74, 6) is -1.48. The molecule has 2 amide bonds. The average Bonchev–Trinajstić information content (AvgIpc) is 3.41. The Morgan fingerprint density at radius 1 is 1.09 bits per heavy atom. The summed E-state index contributed by atoms with van der Waals surface area (Å²) in [5, 5.41) is 10.2. The molecule has 1 saturated carbocycles. The highest BCUT2D eigenvalue weighted by atomic mass is 19.4. The van der Waals surface area contributed by atoms with E-state index in [4.69, 9.17) is 24.5 Å². The van der Waals surface area contributed by atoms with Crippen molar-refractivity contribution in [3.8, 4) is 0 Å². The molecule has 2 aromatic heterocycles. The second kappa shape index (κ2) is 13.8. The average molecular weight is 644 g/mol. The Kier molecular flexibility index (Phi) is 9.62. The summed E-state index contributed by atoms with van der Waals surface area (Å²) in [6.45, 7) is 3.99. The molecule has 2 saturated heterocycles. The maximum Gasteiger partial charge on any atom is 0.407 e. The van der Waals surface area contributed by atoms with Gasteiger partial charge in [-0.2, -0.15) is 23.3 Å². The number of fused-ring (bicyclic) bond motifs is 1. The molecule has 2 atom stereocenters. The minimum Gasteiger partial charge on any atom is -0.443 e. The number of morpholine rings is 1. The van der Waals surface area contributed by atoms with Gasteiger partial charge in [0.05, 0.1) is 24.8 Å². The molecule has 1 aliphatic carbocycles. The van der Waals surface area contributed by atoms with E-state index in [0.717, 1.165) is 36.9 Å². The van der Waals surface area contributed by atoms with Gasteiger partial charge < -0.3 is 25.0 Å². The van der Waals surface area contributed by atoms with E-state index in [9.17, 15) is 22.8 Å². The van der Waals surface area contributed by atoms with Crippen molar-refractivity contribution in [3.63, 3.8) is 0 Å². The maximum atomic E-state index is 13.7. The minimum absolute atomic E-state index is 0.00108. The lowest BCUT2D eigenvalue weighted by atomic mass is 9.81. The number of alkyl carbamates (subject to hydrolysis) is 1. The van der Waals surface area contributed by atoms with Gasteiger partial charge in [0.2, 0.25) is 5.91 Å². The second-order valence-electron chi connectivity index (χ2n) is 12.6. The highest BCUT2D eigenvalue weighted by Gasteiger charge is 2.45. The van der Waals surface area contributed by atoms with E-state index in [1.165, 1.54) is 0 Å². The van der Waals surface area contributed by atoms with Crippen molar-refractivity contribution in [1.82, 2.24) is 30.2 Å². The second-order valence-corrected chi connectivity index (χ2v) is 12.6. The van der Waals surface area contributed by atoms with Gasteiger partial charge in [-0.25, -0.2) is 14.3 Å². The van der Waals surface area contributed by atoms with Crippen LogP contribution in [0.4, 0.5) is 23.8 Å². The summed E-state index contributed by atoms with van der Waals surface area (Å²) in [6.07, 6.45) is -1.49. The van der Waals surface area contributed by atoms with Crippen LogP contribution < -0.4 is 15.5 Å². The number of piperidine rings is 1. The van der Waals surface area contributed by atoms with Crippen molar-refractivity contribution >= 4 is 23.6 Å². The normalized spacial score (nSPS) is 24.1. The number of hydrogen-bond acceptors (Lipinski definition) is 8. The zero-order valence-electron chi connectivity index (χ0n) is 25.9. The SMILES string of the molecule is CC1CCC(c2c(COC(=O)NCc3ccccc3)nc3nc(N4CCOCC4)c(C[C@H]4C[C@@H](C(F)(F)F)CNC4=O)nn23)CC1. The molecule has 1 aromatic carbocycles. The molecule has 4 heterocycles. The summed E-state index contributed by atoms with van der Waals surface area (Å²) in [4.78, 5) is 37.2. The van der Waals surface area contributed by atoms with Crippen molar-refractivity contribution in [2.75, 3.05) is 37.7 Å². The Bertz CT molecular complexity index is 1520. The molecular weight excluding hydrogens is 603 g/mol. The summed E-state index contributed by atoms with van der Waals surface area (Å²) in [6, 6.07) is 9.51. The number of benzene rings is 1. The molecule has 2 N–H and O–H groups in total. The standard InChI is InChI=1S/C32H40F3N7O4/c1-20-7-9-22(10-8-20)27-26(19-46-31(44)37-17-21-5-3-2-4-6-21)38-30-39-28(41-11-13-45-14-12-41)25(40-42(27)30)16-23-15-24(32(33,34)35)18-36-29(23)43/h2-6,20,22-24H,7-19H2,1H3,(H,36,43)(H,37,44)/t20?,22?,23-,24-/m1/s1. The number of hydrogen-bond donors (Lipinski definition) is 2. The smallest absolute Gasteiger partial charge is 0.407 e. The molecule has 0 spiro atoms. The van der Waals surface area contributed by atoms with Gasteiger partial charge in [-0.3, -0.25) is 4.79 Å². The van der Waals surface area contributed by atoms with Gasteiger partial charge >= 0.3 is 12.3 Å². The highest BCUT2D eigenvalue weighted by molar-refractivity contribution is 5.80. The van der Waals surface area contributed by atoms with Gasteiger partial charge in [0.25, 0.3) is 5.78 Å². The number of rotatable bonds is 8. The molecule has 248 valence electrons. The largest absolute Gasteiger partial charge is 0.443 e. The minimum atomic E-state index is -4.41. The van der Waals surface area contributed by atoms with Gasteiger partial charge in [-0.05, 0) is 30.7 Å². The Morgan fingerprint density at radius 3 is 2.54 bits per heavy atom. The molecule has 11 nitrogen and oxygen atoms in total. The number of aromatic nitrogens is 4. The van der Waals surface area contributed by atoms with Crippen molar-refractivity contribution < 1.29 is 32.2 Å². The van der Waals surface area contributed by atoms with Gasteiger partial charge in [-0.15, -0.1) is 0 Å². The predicted molar refractivity (Wildman–Crippen MR) is 162 cm³/mol. The molecule has 0 bridgehead atoms. The first-order chi connectivity index (χ1) is 22.2. The zero-order chi connectivity index (χ0) is 32.3. The number of nitrogens with zero attached hydrogens (tertiary/aromatic N) is 5. The van der Waals surface area contributed by atoms with Gasteiger partial charge in [-0.1, -0.05) is 50.1 Å². The molecule has 2 aliphatic heterocycles. The number of alkyl halides is 3. The Balaban J connectivity index is 1.33. The summed E-state index contributed by atoms with van der Waals surface area (Å²) < 4.78 is 53.8. The van der Waals surface area contributed by atoms with Crippen LogP contribution in [-0.2, 0) is 33.8 Å².